The summed E-state index contributed by atoms with van der Waals surface area (Å²) < 4.78 is 2.32. The monoisotopic (exact) mass is 430 g/mol. The van der Waals surface area contributed by atoms with Crippen molar-refractivity contribution in [2.75, 3.05) is 11.9 Å². The molecule has 0 saturated carbocycles. The number of halogens is 2. The van der Waals surface area contributed by atoms with E-state index in [0.717, 1.165) is 23.9 Å². The minimum Gasteiger partial charge on any atom is -0.370 e. The van der Waals surface area contributed by atoms with Crippen molar-refractivity contribution in [3.63, 3.8) is 0 Å². The van der Waals surface area contributed by atoms with Gasteiger partial charge in [-0.05, 0) is 63.5 Å². The zero-order chi connectivity index (χ0) is 15.4. The van der Waals surface area contributed by atoms with Gasteiger partial charge in [0.1, 0.15) is 0 Å². The normalized spacial score (nSPS) is 12.4. The molecular formula is C16H20Br2N2S. The number of thiophene rings is 1. The number of hydrogen-bond acceptors (Lipinski definition) is 3. The Labute approximate surface area is 147 Å². The Bertz CT molecular complexity index is 598. The van der Waals surface area contributed by atoms with Crippen LogP contribution in [0, 0.1) is 0 Å². The van der Waals surface area contributed by atoms with E-state index in [2.05, 4.69) is 80.4 Å². The molecule has 2 N–H and O–H groups in total. The smallest absolute Gasteiger partial charge is 0.0701 e. The Morgan fingerprint density at radius 2 is 2.05 bits per heavy atom. The first-order valence-corrected chi connectivity index (χ1v) is 9.44. The van der Waals surface area contributed by atoms with Crippen LogP contribution in [0.4, 0.5) is 5.69 Å². The first-order chi connectivity index (χ1) is 9.99. The second-order valence-corrected chi connectivity index (χ2v) is 8.41. The molecule has 0 spiro atoms. The fourth-order valence-corrected chi connectivity index (χ4v) is 3.89. The van der Waals surface area contributed by atoms with E-state index in [1.807, 2.05) is 0 Å². The van der Waals surface area contributed by atoms with Crippen LogP contribution < -0.4 is 10.6 Å². The van der Waals surface area contributed by atoms with Crippen LogP contribution in [-0.2, 0) is 13.0 Å². The maximum absolute atomic E-state index is 6.04. The molecule has 0 amide bonds. The molecule has 1 heterocycles. The molecule has 1 aromatic heterocycles. The summed E-state index contributed by atoms with van der Waals surface area (Å²) in [5.41, 5.74) is 9.85. The summed E-state index contributed by atoms with van der Waals surface area (Å²) in [4.78, 5) is 2.25. The van der Waals surface area contributed by atoms with Crippen LogP contribution in [0.15, 0.2) is 37.9 Å². The highest BCUT2D eigenvalue weighted by molar-refractivity contribution is 9.11. The molecule has 0 radical (unpaired) electrons. The highest BCUT2D eigenvalue weighted by Crippen LogP contribution is 2.27. The van der Waals surface area contributed by atoms with Gasteiger partial charge >= 0.3 is 0 Å². The van der Waals surface area contributed by atoms with Crippen LogP contribution in [-0.4, -0.2) is 13.1 Å². The van der Waals surface area contributed by atoms with Crippen LogP contribution in [0.3, 0.4) is 0 Å². The Balaban J connectivity index is 2.08. The van der Waals surface area contributed by atoms with Gasteiger partial charge in [0.2, 0.25) is 0 Å². The van der Waals surface area contributed by atoms with Crippen molar-refractivity contribution in [1.29, 1.82) is 0 Å². The van der Waals surface area contributed by atoms with Gasteiger partial charge in [0.15, 0.2) is 0 Å². The standard InChI is InChI=1S/C16H20Br2N2S/c1-3-13(19)7-12-4-5-14(8-15(12)17)20(2)9-11-6-16(18)21-10-11/h4-6,8,10,13H,3,7,9,19H2,1-2H3. The van der Waals surface area contributed by atoms with Crippen molar-refractivity contribution in [1.82, 2.24) is 0 Å². The van der Waals surface area contributed by atoms with E-state index in [0.29, 0.717) is 0 Å². The molecule has 0 bridgehead atoms. The molecular weight excluding hydrogens is 412 g/mol. The molecule has 1 unspecified atom stereocenters. The van der Waals surface area contributed by atoms with Crippen molar-refractivity contribution in [2.24, 2.45) is 5.73 Å². The fraction of sp³-hybridized carbons (Fsp3) is 0.375. The SMILES string of the molecule is CCC(N)Cc1ccc(N(C)Cc2csc(Br)c2)cc1Br. The fourth-order valence-electron chi connectivity index (χ4n) is 2.16. The van der Waals surface area contributed by atoms with Gasteiger partial charge in [-0.15, -0.1) is 11.3 Å². The lowest BCUT2D eigenvalue weighted by Crippen LogP contribution is -2.21. The number of nitrogens with zero attached hydrogens (tertiary/aromatic N) is 1. The number of anilines is 1. The third-order valence-electron chi connectivity index (χ3n) is 3.53. The molecule has 21 heavy (non-hydrogen) atoms. The molecule has 5 heteroatoms. The van der Waals surface area contributed by atoms with Crippen molar-refractivity contribution >= 4 is 48.9 Å². The van der Waals surface area contributed by atoms with Gasteiger partial charge in [0, 0.05) is 29.8 Å². The number of rotatable bonds is 6. The summed E-state index contributed by atoms with van der Waals surface area (Å²) in [6.07, 6.45) is 1.92. The van der Waals surface area contributed by atoms with Crippen molar-refractivity contribution < 1.29 is 0 Å². The molecule has 1 atom stereocenters. The molecule has 2 nitrogen and oxygen atoms in total. The number of nitrogens with two attached hydrogens (primary N) is 1. The molecule has 0 aliphatic heterocycles. The molecule has 0 aliphatic rings. The lowest BCUT2D eigenvalue weighted by molar-refractivity contribution is 0.645. The molecule has 2 rings (SSSR count). The molecule has 2 aromatic rings. The summed E-state index contributed by atoms with van der Waals surface area (Å²) >= 11 is 8.91. The summed E-state index contributed by atoms with van der Waals surface area (Å²) in [6.45, 7) is 3.03. The summed E-state index contributed by atoms with van der Waals surface area (Å²) in [5, 5.41) is 2.18. The summed E-state index contributed by atoms with van der Waals surface area (Å²) in [5.74, 6) is 0. The predicted molar refractivity (Wildman–Crippen MR) is 100 cm³/mol. The van der Waals surface area contributed by atoms with E-state index in [9.17, 15) is 0 Å². The van der Waals surface area contributed by atoms with Gasteiger partial charge in [-0.3, -0.25) is 0 Å². The largest absolute Gasteiger partial charge is 0.370 e. The van der Waals surface area contributed by atoms with Gasteiger partial charge < -0.3 is 10.6 Å². The minimum atomic E-state index is 0.230. The lowest BCUT2D eigenvalue weighted by atomic mass is 10.0. The van der Waals surface area contributed by atoms with Crippen molar-refractivity contribution in [3.8, 4) is 0 Å². The first kappa shape index (κ1) is 17.0. The Morgan fingerprint density at radius 1 is 1.29 bits per heavy atom. The molecule has 114 valence electrons. The second-order valence-electron chi connectivity index (χ2n) is 5.26. The van der Waals surface area contributed by atoms with E-state index in [-0.39, 0.29) is 6.04 Å². The van der Waals surface area contributed by atoms with Crippen molar-refractivity contribution in [3.05, 3.63) is 49.0 Å². The van der Waals surface area contributed by atoms with E-state index in [1.165, 1.54) is 20.6 Å². The Morgan fingerprint density at radius 3 is 2.62 bits per heavy atom. The van der Waals surface area contributed by atoms with Gasteiger partial charge in [-0.1, -0.05) is 28.9 Å². The van der Waals surface area contributed by atoms with Gasteiger partial charge in [-0.2, -0.15) is 0 Å². The maximum atomic E-state index is 6.04. The van der Waals surface area contributed by atoms with Crippen LogP contribution in [0.5, 0.6) is 0 Å². The quantitative estimate of drug-likeness (QED) is 0.681. The van der Waals surface area contributed by atoms with E-state index < -0.39 is 0 Å². The maximum Gasteiger partial charge on any atom is 0.0701 e. The van der Waals surface area contributed by atoms with E-state index >= 15 is 0 Å². The molecule has 0 fully saturated rings. The summed E-state index contributed by atoms with van der Waals surface area (Å²) in [6, 6.07) is 8.93. The minimum absolute atomic E-state index is 0.230. The lowest BCUT2D eigenvalue weighted by Gasteiger charge is -2.20. The highest BCUT2D eigenvalue weighted by Gasteiger charge is 2.09. The van der Waals surface area contributed by atoms with Gasteiger partial charge in [0.05, 0.1) is 3.79 Å². The van der Waals surface area contributed by atoms with Crippen molar-refractivity contribution in [2.45, 2.75) is 32.4 Å². The van der Waals surface area contributed by atoms with Gasteiger partial charge in [0.25, 0.3) is 0 Å². The van der Waals surface area contributed by atoms with Crippen LogP contribution in [0.25, 0.3) is 0 Å². The van der Waals surface area contributed by atoms with Gasteiger partial charge in [-0.25, -0.2) is 0 Å². The predicted octanol–water partition coefficient (Wildman–Crippen LogP) is 5.19. The van der Waals surface area contributed by atoms with Crippen LogP contribution >= 0.6 is 43.2 Å². The molecule has 0 aliphatic carbocycles. The number of benzene rings is 1. The zero-order valence-electron chi connectivity index (χ0n) is 12.3. The first-order valence-electron chi connectivity index (χ1n) is 6.97. The number of hydrogen-bond donors (Lipinski definition) is 1. The van der Waals surface area contributed by atoms with E-state index in [4.69, 9.17) is 5.73 Å². The zero-order valence-corrected chi connectivity index (χ0v) is 16.3. The Hall–Kier alpha value is -0.360. The summed E-state index contributed by atoms with van der Waals surface area (Å²) in [7, 11) is 2.12. The van der Waals surface area contributed by atoms with E-state index in [1.54, 1.807) is 11.3 Å². The third kappa shape index (κ3) is 4.81. The highest BCUT2D eigenvalue weighted by atomic mass is 79.9. The molecule has 1 aromatic carbocycles. The third-order valence-corrected chi connectivity index (χ3v) is 5.82. The second kappa shape index (κ2) is 7.77. The average Bonchev–Trinajstić information content (AvgIpc) is 2.86. The average molecular weight is 432 g/mol. The van der Waals surface area contributed by atoms with Crippen LogP contribution in [0.1, 0.15) is 24.5 Å². The van der Waals surface area contributed by atoms with Crippen LogP contribution in [0.2, 0.25) is 0 Å². The topological polar surface area (TPSA) is 29.3 Å². The molecule has 0 saturated heterocycles. The Kier molecular flexibility index (Phi) is 6.29.